The maximum absolute atomic E-state index is 12.7. The van der Waals surface area contributed by atoms with Crippen LogP contribution in [-0.4, -0.2) is 37.9 Å². The molecule has 0 unspecified atom stereocenters. The minimum Gasteiger partial charge on any atom is -0.310 e. The minimum absolute atomic E-state index is 0.0746. The van der Waals surface area contributed by atoms with Crippen molar-refractivity contribution >= 4 is 23.4 Å². The van der Waals surface area contributed by atoms with Gasteiger partial charge in [0.25, 0.3) is 0 Å². The molecule has 1 amide bonds. The number of nitriles is 1. The third-order valence-electron chi connectivity index (χ3n) is 2.99. The van der Waals surface area contributed by atoms with Crippen LogP contribution in [0.2, 0.25) is 0 Å². The summed E-state index contributed by atoms with van der Waals surface area (Å²) in [5.41, 5.74) is 0.784. The van der Waals surface area contributed by atoms with Gasteiger partial charge < -0.3 is 4.90 Å². The van der Waals surface area contributed by atoms with Gasteiger partial charge in [0.15, 0.2) is 0 Å². The Morgan fingerprint density at radius 2 is 2.18 bits per heavy atom. The van der Waals surface area contributed by atoms with Gasteiger partial charge >= 0.3 is 0 Å². The molecule has 1 heterocycles. The number of nitrogens with zero attached hydrogens (tertiary/aromatic N) is 6. The number of carbonyl (C=O) groups excluding carboxylic acids is 1. The van der Waals surface area contributed by atoms with Crippen molar-refractivity contribution < 1.29 is 4.79 Å². The number of aromatic nitrogens is 4. The van der Waals surface area contributed by atoms with Crippen LogP contribution >= 0.6 is 11.8 Å². The number of thioether (sulfide) groups is 1. The summed E-state index contributed by atoms with van der Waals surface area (Å²) in [7, 11) is 1.73. The Hall–Kier alpha value is -2.40. The zero-order valence-electron chi connectivity index (χ0n) is 12.4. The molecule has 7 nitrogen and oxygen atoms in total. The predicted octanol–water partition coefficient (Wildman–Crippen LogP) is 1.64. The van der Waals surface area contributed by atoms with Gasteiger partial charge in [0.05, 0.1) is 17.7 Å². The van der Waals surface area contributed by atoms with Gasteiger partial charge in [0, 0.05) is 19.3 Å². The van der Waals surface area contributed by atoms with E-state index in [-0.39, 0.29) is 17.6 Å². The molecule has 1 atom stereocenters. The van der Waals surface area contributed by atoms with Crippen LogP contribution in [0.3, 0.4) is 0 Å². The van der Waals surface area contributed by atoms with E-state index >= 15 is 0 Å². The van der Waals surface area contributed by atoms with Crippen LogP contribution in [0, 0.1) is 11.3 Å². The predicted molar refractivity (Wildman–Crippen MR) is 83.1 cm³/mol. The molecule has 0 spiro atoms. The molecule has 0 saturated heterocycles. The molecule has 114 valence electrons. The van der Waals surface area contributed by atoms with Crippen molar-refractivity contribution in [1.29, 1.82) is 5.26 Å². The van der Waals surface area contributed by atoms with Crippen molar-refractivity contribution in [1.82, 2.24) is 20.2 Å². The fourth-order valence-electron chi connectivity index (χ4n) is 1.89. The summed E-state index contributed by atoms with van der Waals surface area (Å²) < 4.78 is 1.52. The normalized spacial score (nSPS) is 11.7. The van der Waals surface area contributed by atoms with E-state index in [1.165, 1.54) is 16.4 Å². The number of hydrogen-bond donors (Lipinski definition) is 0. The van der Waals surface area contributed by atoms with Crippen molar-refractivity contribution in [3.8, 4) is 6.07 Å². The summed E-state index contributed by atoms with van der Waals surface area (Å²) in [6.45, 7) is 2.17. The third kappa shape index (κ3) is 3.83. The van der Waals surface area contributed by atoms with Gasteiger partial charge in [0.1, 0.15) is 0 Å². The lowest BCUT2D eigenvalue weighted by molar-refractivity contribution is -0.117. The van der Waals surface area contributed by atoms with Gasteiger partial charge in [-0.15, -0.1) is 5.10 Å². The van der Waals surface area contributed by atoms with Gasteiger partial charge in [-0.3, -0.25) is 4.79 Å². The second-order valence-corrected chi connectivity index (χ2v) is 5.89. The SMILES string of the molecule is C[C@@H](Sc1nnnn1C)C(=O)N(CCC#N)c1ccccc1. The summed E-state index contributed by atoms with van der Waals surface area (Å²) in [5.74, 6) is -0.0746. The number of para-hydroxylation sites is 1. The van der Waals surface area contributed by atoms with E-state index in [0.29, 0.717) is 11.7 Å². The summed E-state index contributed by atoms with van der Waals surface area (Å²) in [6, 6.07) is 11.4. The highest BCUT2D eigenvalue weighted by Crippen LogP contribution is 2.24. The lowest BCUT2D eigenvalue weighted by atomic mass is 10.2. The van der Waals surface area contributed by atoms with E-state index in [4.69, 9.17) is 5.26 Å². The van der Waals surface area contributed by atoms with Crippen LogP contribution < -0.4 is 4.90 Å². The molecule has 0 aliphatic heterocycles. The zero-order chi connectivity index (χ0) is 15.9. The molecule has 0 aliphatic carbocycles. The average Bonchev–Trinajstić information content (AvgIpc) is 2.93. The molecule has 0 bridgehead atoms. The van der Waals surface area contributed by atoms with E-state index in [1.54, 1.807) is 11.9 Å². The van der Waals surface area contributed by atoms with Crippen molar-refractivity contribution in [3.05, 3.63) is 30.3 Å². The van der Waals surface area contributed by atoms with Crippen LogP contribution in [0.25, 0.3) is 0 Å². The first-order valence-electron chi connectivity index (χ1n) is 6.76. The summed E-state index contributed by atoms with van der Waals surface area (Å²) in [6.07, 6.45) is 0.281. The number of anilines is 1. The Labute approximate surface area is 132 Å². The fourth-order valence-corrected chi connectivity index (χ4v) is 2.70. The van der Waals surface area contributed by atoms with Crippen LogP contribution in [0.1, 0.15) is 13.3 Å². The van der Waals surface area contributed by atoms with Crippen LogP contribution in [-0.2, 0) is 11.8 Å². The van der Waals surface area contributed by atoms with Gasteiger partial charge in [0.2, 0.25) is 11.1 Å². The van der Waals surface area contributed by atoms with Crippen molar-refractivity contribution in [2.24, 2.45) is 7.05 Å². The second kappa shape index (κ2) is 7.56. The molecule has 0 saturated carbocycles. The molecule has 22 heavy (non-hydrogen) atoms. The van der Waals surface area contributed by atoms with Gasteiger partial charge in [-0.25, -0.2) is 4.68 Å². The number of benzene rings is 1. The largest absolute Gasteiger partial charge is 0.310 e. The zero-order valence-corrected chi connectivity index (χ0v) is 13.2. The lowest BCUT2D eigenvalue weighted by Crippen LogP contribution is -2.37. The number of amides is 1. The Morgan fingerprint density at radius 1 is 1.45 bits per heavy atom. The second-order valence-electron chi connectivity index (χ2n) is 4.58. The highest BCUT2D eigenvalue weighted by atomic mass is 32.2. The fraction of sp³-hybridized carbons (Fsp3) is 0.357. The highest BCUT2D eigenvalue weighted by Gasteiger charge is 2.24. The molecule has 0 radical (unpaired) electrons. The Morgan fingerprint density at radius 3 is 2.77 bits per heavy atom. The Bertz CT molecular complexity index is 665. The number of tetrazole rings is 1. The number of hydrogen-bond acceptors (Lipinski definition) is 6. The number of carbonyl (C=O) groups is 1. The van der Waals surface area contributed by atoms with E-state index < -0.39 is 0 Å². The molecular weight excluding hydrogens is 300 g/mol. The van der Waals surface area contributed by atoms with Gasteiger partial charge in [-0.2, -0.15) is 5.26 Å². The maximum atomic E-state index is 12.7. The van der Waals surface area contributed by atoms with E-state index in [2.05, 4.69) is 21.6 Å². The molecule has 2 aromatic rings. The van der Waals surface area contributed by atoms with E-state index in [0.717, 1.165) is 5.69 Å². The van der Waals surface area contributed by atoms with Crippen LogP contribution in [0.15, 0.2) is 35.5 Å². The molecular formula is C14H16N6OS. The molecule has 0 aliphatic rings. The number of aryl methyl sites for hydroxylation is 1. The lowest BCUT2D eigenvalue weighted by Gasteiger charge is -2.24. The molecule has 0 N–H and O–H groups in total. The van der Waals surface area contributed by atoms with Crippen LogP contribution in [0.5, 0.6) is 0 Å². The summed E-state index contributed by atoms with van der Waals surface area (Å²) in [5, 5.41) is 20.2. The monoisotopic (exact) mass is 316 g/mol. The van der Waals surface area contributed by atoms with Gasteiger partial charge in [-0.1, -0.05) is 30.0 Å². The Balaban J connectivity index is 2.14. The first-order valence-corrected chi connectivity index (χ1v) is 7.64. The topological polar surface area (TPSA) is 87.7 Å². The quantitative estimate of drug-likeness (QED) is 0.753. The molecule has 1 aromatic heterocycles. The minimum atomic E-state index is -0.358. The standard InChI is InChI=1S/C14H16N6OS/c1-11(22-14-16-17-18-19(14)2)13(21)20(10-6-9-15)12-7-4-3-5-8-12/h3-5,7-8,11H,6,10H2,1-2H3/t11-/m1/s1. The molecule has 2 rings (SSSR count). The van der Waals surface area contributed by atoms with E-state index in [9.17, 15) is 4.79 Å². The van der Waals surface area contributed by atoms with Gasteiger partial charge in [-0.05, 0) is 29.5 Å². The first kappa shape index (κ1) is 16.0. The molecule has 8 heteroatoms. The average molecular weight is 316 g/mol. The molecule has 0 fully saturated rings. The van der Waals surface area contributed by atoms with Crippen molar-refractivity contribution in [2.45, 2.75) is 23.8 Å². The summed E-state index contributed by atoms with van der Waals surface area (Å²) >= 11 is 1.29. The number of rotatable bonds is 6. The maximum Gasteiger partial charge on any atom is 0.240 e. The third-order valence-corrected chi connectivity index (χ3v) is 4.10. The van der Waals surface area contributed by atoms with Crippen molar-refractivity contribution in [3.63, 3.8) is 0 Å². The van der Waals surface area contributed by atoms with Crippen molar-refractivity contribution in [2.75, 3.05) is 11.4 Å². The molecule has 1 aromatic carbocycles. The first-order chi connectivity index (χ1) is 10.6. The summed E-state index contributed by atoms with van der Waals surface area (Å²) in [4.78, 5) is 14.3. The Kier molecular flexibility index (Phi) is 5.49. The highest BCUT2D eigenvalue weighted by molar-refractivity contribution is 8.00. The van der Waals surface area contributed by atoms with E-state index in [1.807, 2.05) is 37.3 Å². The smallest absolute Gasteiger partial charge is 0.240 e. The van der Waals surface area contributed by atoms with Crippen LogP contribution in [0.4, 0.5) is 5.69 Å².